The lowest BCUT2D eigenvalue weighted by molar-refractivity contribution is 0.170. The summed E-state index contributed by atoms with van der Waals surface area (Å²) in [4.78, 5) is 0. The molecule has 2 rings (SSSR count). The summed E-state index contributed by atoms with van der Waals surface area (Å²) >= 11 is 0. The zero-order valence-electron chi connectivity index (χ0n) is 9.79. The Hall–Kier alpha value is -1.10. The average Bonchev–Trinajstić information content (AvgIpc) is 2.86. The molecule has 1 atom stereocenters. The first-order chi connectivity index (χ1) is 7.71. The lowest BCUT2D eigenvalue weighted by atomic mass is 10.0. The summed E-state index contributed by atoms with van der Waals surface area (Å²) in [6.45, 7) is 3.83. The van der Waals surface area contributed by atoms with E-state index in [2.05, 4.69) is 17.3 Å². The Morgan fingerprint density at radius 3 is 3.06 bits per heavy atom. The van der Waals surface area contributed by atoms with Crippen LogP contribution >= 0.6 is 0 Å². The zero-order valence-corrected chi connectivity index (χ0v) is 9.79. The highest BCUT2D eigenvalue weighted by molar-refractivity contribution is 5.32. The van der Waals surface area contributed by atoms with Gasteiger partial charge in [-0.2, -0.15) is 5.10 Å². The molecule has 1 aromatic heterocycles. The van der Waals surface area contributed by atoms with Gasteiger partial charge >= 0.3 is 0 Å². The van der Waals surface area contributed by atoms with Crippen LogP contribution < -0.4 is 10.1 Å². The fourth-order valence-corrected chi connectivity index (χ4v) is 2.21. The molecule has 1 fully saturated rings. The van der Waals surface area contributed by atoms with E-state index in [0.717, 1.165) is 13.0 Å². The van der Waals surface area contributed by atoms with Gasteiger partial charge < -0.3 is 10.1 Å². The quantitative estimate of drug-likeness (QED) is 0.846. The van der Waals surface area contributed by atoms with Gasteiger partial charge in [0.25, 0.3) is 0 Å². The summed E-state index contributed by atoms with van der Waals surface area (Å²) in [5.41, 5.74) is -0.751. The Balaban J connectivity index is 2.38. The highest BCUT2D eigenvalue weighted by atomic mass is 19.1. The Labute approximate surface area is 94.8 Å². The lowest BCUT2D eigenvalue weighted by Crippen LogP contribution is -2.27. The van der Waals surface area contributed by atoms with Crippen molar-refractivity contribution in [2.24, 2.45) is 0 Å². The van der Waals surface area contributed by atoms with Crippen LogP contribution in [0.2, 0.25) is 0 Å². The third-order valence-corrected chi connectivity index (χ3v) is 2.99. The number of hydrogen-bond acceptors (Lipinski definition) is 3. The van der Waals surface area contributed by atoms with E-state index in [4.69, 9.17) is 4.74 Å². The van der Waals surface area contributed by atoms with Gasteiger partial charge in [0.15, 0.2) is 11.4 Å². The van der Waals surface area contributed by atoms with Crippen molar-refractivity contribution in [1.82, 2.24) is 15.1 Å². The molecule has 1 aliphatic rings. The summed E-state index contributed by atoms with van der Waals surface area (Å²) < 4.78 is 21.6. The van der Waals surface area contributed by atoms with Crippen molar-refractivity contribution < 1.29 is 9.13 Å². The molecule has 0 saturated carbocycles. The second kappa shape index (κ2) is 4.41. The second-order valence-corrected chi connectivity index (χ2v) is 4.18. The molecule has 2 heterocycles. The van der Waals surface area contributed by atoms with Crippen LogP contribution in [0.15, 0.2) is 6.20 Å². The van der Waals surface area contributed by atoms with Gasteiger partial charge in [-0.15, -0.1) is 0 Å². The van der Waals surface area contributed by atoms with Crippen molar-refractivity contribution in [3.8, 4) is 5.75 Å². The Bertz CT molecular complexity index is 358. The van der Waals surface area contributed by atoms with Crippen LogP contribution in [0.3, 0.4) is 0 Å². The van der Waals surface area contributed by atoms with Crippen LogP contribution in [0.1, 0.15) is 25.5 Å². The summed E-state index contributed by atoms with van der Waals surface area (Å²) in [7, 11) is 1.56. The number of aryl methyl sites for hydroxylation is 1. The van der Waals surface area contributed by atoms with Crippen molar-refractivity contribution in [2.75, 3.05) is 20.2 Å². The third kappa shape index (κ3) is 1.80. The number of alkyl halides is 1. The second-order valence-electron chi connectivity index (χ2n) is 4.18. The van der Waals surface area contributed by atoms with Gasteiger partial charge in [0.05, 0.1) is 13.3 Å². The molecule has 90 valence electrons. The average molecular weight is 227 g/mol. The van der Waals surface area contributed by atoms with Crippen LogP contribution in [0.25, 0.3) is 0 Å². The van der Waals surface area contributed by atoms with Gasteiger partial charge in [-0.1, -0.05) is 6.92 Å². The van der Waals surface area contributed by atoms with Gasteiger partial charge in [-0.25, -0.2) is 4.39 Å². The van der Waals surface area contributed by atoms with Crippen molar-refractivity contribution >= 4 is 0 Å². The molecule has 0 bridgehead atoms. The number of ether oxygens (including phenoxy) is 1. The van der Waals surface area contributed by atoms with Crippen LogP contribution in [0.5, 0.6) is 5.75 Å². The third-order valence-electron chi connectivity index (χ3n) is 2.99. The van der Waals surface area contributed by atoms with Crippen molar-refractivity contribution in [2.45, 2.75) is 32.0 Å². The first-order valence-electron chi connectivity index (χ1n) is 5.71. The molecule has 4 nitrogen and oxygen atoms in total. The summed E-state index contributed by atoms with van der Waals surface area (Å²) in [5, 5.41) is 7.24. The van der Waals surface area contributed by atoms with Gasteiger partial charge in [0, 0.05) is 19.5 Å². The molecular weight excluding hydrogens is 209 g/mol. The fourth-order valence-electron chi connectivity index (χ4n) is 2.21. The van der Waals surface area contributed by atoms with Gasteiger partial charge in [-0.05, 0) is 13.0 Å². The van der Waals surface area contributed by atoms with E-state index >= 15 is 0 Å². The van der Waals surface area contributed by atoms with E-state index in [1.54, 1.807) is 18.0 Å². The SMILES string of the molecule is CCCn1ncc(OC)c1C1(F)CCNC1. The van der Waals surface area contributed by atoms with Crippen LogP contribution in [0.4, 0.5) is 4.39 Å². The van der Waals surface area contributed by atoms with E-state index in [1.165, 1.54) is 0 Å². The first-order valence-corrected chi connectivity index (χ1v) is 5.71. The van der Waals surface area contributed by atoms with Gasteiger partial charge in [0.1, 0.15) is 5.69 Å². The van der Waals surface area contributed by atoms with E-state index in [-0.39, 0.29) is 0 Å². The molecule has 0 spiro atoms. The normalized spacial score (nSPS) is 24.9. The minimum Gasteiger partial charge on any atom is -0.493 e. The number of nitrogens with zero attached hydrogens (tertiary/aromatic N) is 2. The monoisotopic (exact) mass is 227 g/mol. The summed E-state index contributed by atoms with van der Waals surface area (Å²) in [6.07, 6.45) is 3.02. The van der Waals surface area contributed by atoms with Crippen molar-refractivity contribution in [3.05, 3.63) is 11.9 Å². The molecule has 0 amide bonds. The zero-order chi connectivity index (χ0) is 11.6. The topological polar surface area (TPSA) is 39.1 Å². The standard InChI is InChI=1S/C11H18FN3O/c1-3-6-15-10(9(16-2)7-14-15)11(12)4-5-13-8-11/h7,13H,3-6,8H2,1-2H3. The van der Waals surface area contributed by atoms with Crippen LogP contribution in [-0.4, -0.2) is 30.0 Å². The number of aromatic nitrogens is 2. The van der Waals surface area contributed by atoms with E-state index in [9.17, 15) is 4.39 Å². The maximum absolute atomic E-state index is 14.7. The Kier molecular flexibility index (Phi) is 3.14. The predicted molar refractivity (Wildman–Crippen MR) is 59.3 cm³/mol. The van der Waals surface area contributed by atoms with Crippen molar-refractivity contribution in [1.29, 1.82) is 0 Å². The number of halogens is 1. The molecular formula is C11H18FN3O. The smallest absolute Gasteiger partial charge is 0.169 e. The molecule has 5 heteroatoms. The molecule has 1 N–H and O–H groups in total. The molecule has 0 aliphatic carbocycles. The molecule has 16 heavy (non-hydrogen) atoms. The molecule has 1 aliphatic heterocycles. The number of hydrogen-bond donors (Lipinski definition) is 1. The van der Waals surface area contributed by atoms with Crippen LogP contribution in [0, 0.1) is 0 Å². The molecule has 0 aromatic carbocycles. The number of methoxy groups -OCH3 is 1. The van der Waals surface area contributed by atoms with Gasteiger partial charge in [0.2, 0.25) is 0 Å². The van der Waals surface area contributed by atoms with Gasteiger partial charge in [-0.3, -0.25) is 4.68 Å². The summed E-state index contributed by atoms with van der Waals surface area (Å²) in [6, 6.07) is 0. The van der Waals surface area contributed by atoms with E-state index in [1.807, 2.05) is 0 Å². The fraction of sp³-hybridized carbons (Fsp3) is 0.727. The maximum atomic E-state index is 14.7. The van der Waals surface area contributed by atoms with E-state index in [0.29, 0.717) is 31.0 Å². The minimum atomic E-state index is -1.34. The largest absolute Gasteiger partial charge is 0.493 e. The van der Waals surface area contributed by atoms with Crippen LogP contribution in [-0.2, 0) is 12.2 Å². The lowest BCUT2D eigenvalue weighted by Gasteiger charge is -2.21. The minimum absolute atomic E-state index is 0.346. The summed E-state index contributed by atoms with van der Waals surface area (Å²) in [5.74, 6) is 0.555. The molecule has 1 saturated heterocycles. The highest BCUT2D eigenvalue weighted by Gasteiger charge is 2.41. The number of rotatable bonds is 4. The Morgan fingerprint density at radius 1 is 1.69 bits per heavy atom. The number of nitrogens with one attached hydrogen (secondary N) is 1. The first kappa shape index (κ1) is 11.4. The maximum Gasteiger partial charge on any atom is 0.169 e. The highest BCUT2D eigenvalue weighted by Crippen LogP contribution is 2.37. The predicted octanol–water partition coefficient (Wildman–Crippen LogP) is 1.46. The van der Waals surface area contributed by atoms with E-state index < -0.39 is 5.67 Å². The van der Waals surface area contributed by atoms with Crippen molar-refractivity contribution in [3.63, 3.8) is 0 Å². The molecule has 1 aromatic rings. The molecule has 1 unspecified atom stereocenters. The molecule has 0 radical (unpaired) electrons. The Morgan fingerprint density at radius 2 is 2.50 bits per heavy atom.